The van der Waals surface area contributed by atoms with Crippen LogP contribution in [0.4, 0.5) is 23.3 Å². The van der Waals surface area contributed by atoms with Crippen LogP contribution < -0.4 is 20.9 Å². The van der Waals surface area contributed by atoms with Crippen molar-refractivity contribution in [3.05, 3.63) is 84.4 Å². The molecule has 42 heavy (non-hydrogen) atoms. The predicted octanol–water partition coefficient (Wildman–Crippen LogP) is 2.37. The highest BCUT2D eigenvalue weighted by Crippen LogP contribution is 2.16. The molecular formula is C26H32N8O6S2. The Morgan fingerprint density at radius 3 is 1.21 bits per heavy atom. The van der Waals surface area contributed by atoms with Gasteiger partial charge in [0.1, 0.15) is 0 Å². The minimum Gasteiger partial charge on any atom is -0.399 e. The van der Waals surface area contributed by atoms with Gasteiger partial charge in [-0.15, -0.1) is 0 Å². The van der Waals surface area contributed by atoms with E-state index in [4.69, 9.17) is 20.9 Å². The van der Waals surface area contributed by atoms with Crippen molar-refractivity contribution < 1.29 is 26.3 Å². The van der Waals surface area contributed by atoms with E-state index in [0.29, 0.717) is 22.8 Å². The molecule has 2 aromatic heterocycles. The summed E-state index contributed by atoms with van der Waals surface area (Å²) in [6, 6.07) is 15.1. The summed E-state index contributed by atoms with van der Waals surface area (Å²) in [4.78, 5) is 15.9. The zero-order chi connectivity index (χ0) is 30.6. The van der Waals surface area contributed by atoms with Gasteiger partial charge in [-0.25, -0.2) is 46.2 Å². The third-order valence-corrected chi connectivity index (χ3v) is 7.85. The van der Waals surface area contributed by atoms with Crippen LogP contribution in [0.15, 0.2) is 82.8 Å². The molecule has 4 aromatic rings. The quantitative estimate of drug-likeness (QED) is 0.230. The molecular weight excluding hydrogens is 584 g/mol. The molecule has 224 valence electrons. The zero-order valence-electron chi connectivity index (χ0n) is 23.0. The van der Waals surface area contributed by atoms with Crippen LogP contribution in [0, 0.1) is 13.8 Å². The Labute approximate surface area is 244 Å². The predicted molar refractivity (Wildman–Crippen MR) is 159 cm³/mol. The summed E-state index contributed by atoms with van der Waals surface area (Å²) < 4.78 is 62.5. The molecule has 16 heteroatoms. The number of ether oxygens (including phenoxy) is 2. The van der Waals surface area contributed by atoms with Gasteiger partial charge in [-0.3, -0.25) is 0 Å². The summed E-state index contributed by atoms with van der Waals surface area (Å²) in [5, 5.41) is 0. The molecule has 1 fully saturated rings. The van der Waals surface area contributed by atoms with E-state index in [0.717, 1.165) is 26.4 Å². The van der Waals surface area contributed by atoms with Crippen LogP contribution in [0.2, 0.25) is 0 Å². The molecule has 3 heterocycles. The van der Waals surface area contributed by atoms with Gasteiger partial charge in [0.05, 0.1) is 36.2 Å². The first kappa shape index (κ1) is 32.1. The first-order valence-corrected chi connectivity index (χ1v) is 15.4. The maximum absolute atomic E-state index is 12.0. The van der Waals surface area contributed by atoms with Crippen LogP contribution in [-0.4, -0.2) is 63.2 Å². The van der Waals surface area contributed by atoms with Gasteiger partial charge in [-0.2, -0.15) is 0 Å². The van der Waals surface area contributed by atoms with Crippen LogP contribution in [0.1, 0.15) is 11.4 Å². The van der Waals surface area contributed by atoms with Gasteiger partial charge in [0.25, 0.3) is 20.0 Å². The topological polar surface area (TPSA) is 214 Å². The van der Waals surface area contributed by atoms with Crippen molar-refractivity contribution in [2.45, 2.75) is 23.6 Å². The first-order valence-electron chi connectivity index (χ1n) is 12.5. The molecule has 0 bridgehead atoms. The number of nitrogens with zero attached hydrogens (tertiary/aromatic N) is 4. The van der Waals surface area contributed by atoms with Gasteiger partial charge in [0.2, 0.25) is 11.9 Å². The van der Waals surface area contributed by atoms with Crippen LogP contribution in [0.25, 0.3) is 0 Å². The smallest absolute Gasteiger partial charge is 0.264 e. The number of benzene rings is 2. The molecule has 0 aliphatic carbocycles. The van der Waals surface area contributed by atoms with Gasteiger partial charge >= 0.3 is 0 Å². The molecule has 1 saturated heterocycles. The van der Waals surface area contributed by atoms with Crippen molar-refractivity contribution >= 4 is 43.3 Å². The van der Waals surface area contributed by atoms with Gasteiger partial charge in [-0.1, -0.05) is 0 Å². The molecule has 0 saturated carbocycles. The normalized spacial score (nSPS) is 13.0. The van der Waals surface area contributed by atoms with E-state index < -0.39 is 20.0 Å². The Bertz CT molecular complexity index is 1520. The van der Waals surface area contributed by atoms with Crippen LogP contribution in [0.5, 0.6) is 0 Å². The summed E-state index contributed by atoms with van der Waals surface area (Å²) in [5.41, 5.74) is 13.4. The van der Waals surface area contributed by atoms with Crippen LogP contribution >= 0.6 is 0 Å². The van der Waals surface area contributed by atoms with Crippen molar-refractivity contribution in [1.29, 1.82) is 0 Å². The maximum atomic E-state index is 12.0. The average Bonchev–Trinajstić information content (AvgIpc) is 2.95. The number of sulfonamides is 2. The minimum absolute atomic E-state index is 0.0480. The van der Waals surface area contributed by atoms with Crippen LogP contribution in [0.3, 0.4) is 0 Å². The molecule has 0 radical (unpaired) electrons. The van der Waals surface area contributed by atoms with E-state index in [1.165, 1.54) is 60.9 Å². The summed E-state index contributed by atoms with van der Waals surface area (Å²) >= 11 is 0. The minimum atomic E-state index is -3.68. The third-order valence-electron chi connectivity index (χ3n) is 5.17. The Hall–Kier alpha value is -4.38. The molecule has 0 unspecified atom stereocenters. The van der Waals surface area contributed by atoms with E-state index in [-0.39, 0.29) is 21.7 Å². The monoisotopic (exact) mass is 616 g/mol. The standard InChI is InChI=1S/2C11H12N4O2S.C4H8O2/c2*1-8-6-7-13-11(14-8)15-18(16,17)10-4-2-9(12)3-5-10;1-2-6-4-3-5-1/h2*2-7H,12H2,1H3,(H,13,14,15);1-4H2. The first-order chi connectivity index (χ1) is 19.9. The fourth-order valence-electron chi connectivity index (χ4n) is 3.09. The SMILES string of the molecule is C1COCCO1.Cc1ccnc(NS(=O)(=O)c2ccc(N)cc2)n1.Cc1ccnc(NS(=O)(=O)c2ccc(N)cc2)n1. The number of nitrogens with two attached hydrogens (primary N) is 2. The number of nitrogens with one attached hydrogen (secondary N) is 2. The second-order valence-corrected chi connectivity index (χ2v) is 12.0. The van der Waals surface area contributed by atoms with Crippen molar-refractivity contribution in [2.24, 2.45) is 0 Å². The second kappa shape index (κ2) is 15.0. The van der Waals surface area contributed by atoms with Crippen molar-refractivity contribution in [2.75, 3.05) is 47.3 Å². The fourth-order valence-corrected chi connectivity index (χ4v) is 4.99. The lowest BCUT2D eigenvalue weighted by Crippen LogP contribution is -2.16. The largest absolute Gasteiger partial charge is 0.399 e. The summed E-state index contributed by atoms with van der Waals surface area (Å²) in [6.07, 6.45) is 2.98. The van der Waals surface area contributed by atoms with Gasteiger partial charge in [0, 0.05) is 35.2 Å². The molecule has 14 nitrogen and oxygen atoms in total. The van der Waals surface area contributed by atoms with Crippen molar-refractivity contribution in [1.82, 2.24) is 19.9 Å². The van der Waals surface area contributed by atoms with Crippen LogP contribution in [-0.2, 0) is 29.5 Å². The lowest BCUT2D eigenvalue weighted by atomic mass is 10.3. The van der Waals surface area contributed by atoms with Crippen molar-refractivity contribution in [3.8, 4) is 0 Å². The van der Waals surface area contributed by atoms with E-state index in [1.807, 2.05) is 0 Å². The Kier molecular flexibility index (Phi) is 11.5. The second-order valence-electron chi connectivity index (χ2n) is 8.62. The maximum Gasteiger partial charge on any atom is 0.264 e. The van der Waals surface area contributed by atoms with E-state index in [1.54, 1.807) is 26.0 Å². The molecule has 2 aromatic carbocycles. The summed E-state index contributed by atoms with van der Waals surface area (Å²) in [6.45, 7) is 6.62. The Morgan fingerprint density at radius 2 is 0.929 bits per heavy atom. The number of nitrogen functional groups attached to an aromatic ring is 2. The number of aryl methyl sites for hydroxylation is 2. The van der Waals surface area contributed by atoms with Crippen molar-refractivity contribution in [3.63, 3.8) is 0 Å². The van der Waals surface area contributed by atoms with E-state index >= 15 is 0 Å². The highest BCUT2D eigenvalue weighted by molar-refractivity contribution is 7.93. The van der Waals surface area contributed by atoms with Gasteiger partial charge in [-0.05, 0) is 74.5 Å². The molecule has 6 N–H and O–H groups in total. The van der Waals surface area contributed by atoms with E-state index in [2.05, 4.69) is 29.4 Å². The number of hydrogen-bond donors (Lipinski definition) is 4. The van der Waals surface area contributed by atoms with Gasteiger partial charge in [0.15, 0.2) is 0 Å². The fraction of sp³-hybridized carbons (Fsp3) is 0.231. The summed E-state index contributed by atoms with van der Waals surface area (Å²) in [5.74, 6) is 0.0960. The molecule has 0 spiro atoms. The molecule has 0 amide bonds. The Balaban J connectivity index is 0.000000192. The zero-order valence-corrected chi connectivity index (χ0v) is 24.6. The average molecular weight is 617 g/mol. The number of anilines is 4. The number of aromatic nitrogens is 4. The number of rotatable bonds is 6. The molecule has 1 aliphatic heterocycles. The number of hydrogen-bond acceptors (Lipinski definition) is 12. The summed E-state index contributed by atoms with van der Waals surface area (Å²) in [7, 11) is -7.35. The molecule has 0 atom stereocenters. The molecule has 1 aliphatic rings. The molecule has 5 rings (SSSR count). The Morgan fingerprint density at radius 1 is 0.595 bits per heavy atom. The lowest BCUT2D eigenvalue weighted by Gasteiger charge is -2.09. The lowest BCUT2D eigenvalue weighted by molar-refractivity contribution is -0.0334. The van der Waals surface area contributed by atoms with Gasteiger partial charge < -0.3 is 20.9 Å². The van der Waals surface area contributed by atoms with E-state index in [9.17, 15) is 16.8 Å². The highest BCUT2D eigenvalue weighted by Gasteiger charge is 2.16. The highest BCUT2D eigenvalue weighted by atomic mass is 32.2. The third kappa shape index (κ3) is 10.5.